The first-order chi connectivity index (χ1) is 6.40. The third-order valence-corrected chi connectivity index (χ3v) is 1.94. The van der Waals surface area contributed by atoms with Gasteiger partial charge in [0, 0.05) is 13.1 Å². The van der Waals surface area contributed by atoms with Gasteiger partial charge in [0.05, 0.1) is 5.54 Å². The van der Waals surface area contributed by atoms with Crippen LogP contribution in [0.15, 0.2) is 4.99 Å². The summed E-state index contributed by atoms with van der Waals surface area (Å²) in [5.74, 6) is 0.674. The minimum absolute atomic E-state index is 0.0796. The van der Waals surface area contributed by atoms with E-state index in [0.717, 1.165) is 13.1 Å². The van der Waals surface area contributed by atoms with Gasteiger partial charge < -0.3 is 10.6 Å². The van der Waals surface area contributed by atoms with Gasteiger partial charge in [-0.05, 0) is 34.1 Å². The molecule has 2 N–H and O–H groups in total. The molecule has 3 nitrogen and oxygen atoms in total. The topological polar surface area (TPSA) is 41.6 Å². The molecule has 0 atom stereocenters. The van der Waals surface area contributed by atoms with E-state index in [1.165, 1.54) is 12.8 Å². The maximum Gasteiger partial charge on any atom is 0.191 e. The number of nitrogens with two attached hydrogens (primary N) is 1. The second kappa shape index (κ2) is 5.89. The van der Waals surface area contributed by atoms with Gasteiger partial charge in [0.15, 0.2) is 5.96 Å². The molecule has 0 unspecified atom stereocenters. The Morgan fingerprint density at radius 2 is 1.86 bits per heavy atom. The lowest BCUT2D eigenvalue weighted by Gasteiger charge is -2.24. The van der Waals surface area contributed by atoms with Gasteiger partial charge in [-0.2, -0.15) is 0 Å². The van der Waals surface area contributed by atoms with Gasteiger partial charge in [-0.1, -0.05) is 13.3 Å². The van der Waals surface area contributed by atoms with Crippen LogP contribution in [0, 0.1) is 0 Å². The van der Waals surface area contributed by atoms with Crippen molar-refractivity contribution >= 4 is 5.96 Å². The van der Waals surface area contributed by atoms with Gasteiger partial charge in [0.1, 0.15) is 0 Å². The maximum absolute atomic E-state index is 5.93. The fraction of sp³-hybridized carbons (Fsp3) is 0.909. The number of hydrogen-bond acceptors (Lipinski definition) is 1. The summed E-state index contributed by atoms with van der Waals surface area (Å²) >= 11 is 0. The van der Waals surface area contributed by atoms with Gasteiger partial charge in [-0.15, -0.1) is 0 Å². The van der Waals surface area contributed by atoms with Crippen LogP contribution in [0.2, 0.25) is 0 Å². The summed E-state index contributed by atoms with van der Waals surface area (Å²) in [7, 11) is 0. The summed E-state index contributed by atoms with van der Waals surface area (Å²) in [6.07, 6.45) is 2.37. The fourth-order valence-electron chi connectivity index (χ4n) is 1.20. The van der Waals surface area contributed by atoms with Crippen LogP contribution in [-0.2, 0) is 0 Å². The molecule has 0 spiro atoms. The van der Waals surface area contributed by atoms with Gasteiger partial charge in [0.25, 0.3) is 0 Å². The first-order valence-electron chi connectivity index (χ1n) is 5.51. The van der Waals surface area contributed by atoms with Crippen LogP contribution < -0.4 is 5.73 Å². The molecule has 14 heavy (non-hydrogen) atoms. The normalized spacial score (nSPS) is 13.1. The van der Waals surface area contributed by atoms with Gasteiger partial charge in [-0.3, -0.25) is 0 Å². The molecule has 0 saturated heterocycles. The van der Waals surface area contributed by atoms with Crippen molar-refractivity contribution in [1.29, 1.82) is 0 Å². The molecule has 0 bridgehead atoms. The molecule has 0 aliphatic rings. The number of guanidine groups is 1. The summed E-state index contributed by atoms with van der Waals surface area (Å²) in [6, 6.07) is 0. The molecule has 0 aromatic rings. The molecule has 84 valence electrons. The van der Waals surface area contributed by atoms with Crippen molar-refractivity contribution in [2.45, 2.75) is 53.0 Å². The minimum Gasteiger partial charge on any atom is -0.370 e. The number of hydrogen-bond donors (Lipinski definition) is 1. The molecule has 0 fully saturated rings. The van der Waals surface area contributed by atoms with E-state index in [1.54, 1.807) is 0 Å². The van der Waals surface area contributed by atoms with Crippen LogP contribution in [0.4, 0.5) is 0 Å². The zero-order chi connectivity index (χ0) is 11.2. The smallest absolute Gasteiger partial charge is 0.191 e. The maximum atomic E-state index is 5.93. The summed E-state index contributed by atoms with van der Waals surface area (Å²) in [5.41, 5.74) is 5.85. The molecule has 0 aromatic carbocycles. The molecule has 0 aliphatic heterocycles. The van der Waals surface area contributed by atoms with E-state index >= 15 is 0 Å². The number of nitrogens with zero attached hydrogens (tertiary/aromatic N) is 2. The van der Waals surface area contributed by atoms with E-state index in [0.29, 0.717) is 5.96 Å². The lowest BCUT2D eigenvalue weighted by Crippen LogP contribution is -2.39. The SMILES string of the molecule is CCCCN(CC)C(N)=NC(C)(C)C. The molecule has 0 aromatic heterocycles. The molecular formula is C11H25N3. The highest BCUT2D eigenvalue weighted by Gasteiger charge is 2.11. The molecule has 0 aliphatic carbocycles. The summed E-state index contributed by atoms with van der Waals surface area (Å²) < 4.78 is 0. The molecule has 0 heterocycles. The Morgan fingerprint density at radius 3 is 2.21 bits per heavy atom. The highest BCUT2D eigenvalue weighted by Crippen LogP contribution is 2.07. The van der Waals surface area contributed by atoms with Crippen molar-refractivity contribution in [1.82, 2.24) is 4.90 Å². The zero-order valence-electron chi connectivity index (χ0n) is 10.3. The molecule has 3 heteroatoms. The number of unbranched alkanes of at least 4 members (excludes halogenated alkanes) is 1. The third-order valence-electron chi connectivity index (χ3n) is 1.94. The average molecular weight is 199 g/mol. The van der Waals surface area contributed by atoms with Crippen molar-refractivity contribution in [2.24, 2.45) is 10.7 Å². The second-order valence-corrected chi connectivity index (χ2v) is 4.57. The Hall–Kier alpha value is -0.730. The second-order valence-electron chi connectivity index (χ2n) is 4.57. The van der Waals surface area contributed by atoms with Gasteiger partial charge >= 0.3 is 0 Å². The highest BCUT2D eigenvalue weighted by molar-refractivity contribution is 5.78. The third kappa shape index (κ3) is 5.84. The minimum atomic E-state index is -0.0796. The van der Waals surface area contributed by atoms with Crippen LogP contribution >= 0.6 is 0 Å². The van der Waals surface area contributed by atoms with Gasteiger partial charge in [0.2, 0.25) is 0 Å². The summed E-state index contributed by atoms with van der Waals surface area (Å²) in [5, 5.41) is 0. The predicted molar refractivity (Wildman–Crippen MR) is 63.5 cm³/mol. The first kappa shape index (κ1) is 13.3. The Morgan fingerprint density at radius 1 is 1.29 bits per heavy atom. The standard InChI is InChI=1S/C11H25N3/c1-6-8-9-14(7-2)10(12)13-11(3,4)5/h6-9H2,1-5H3,(H2,12,13). The Balaban J connectivity index is 4.30. The molecule has 0 saturated carbocycles. The van der Waals surface area contributed by atoms with Crippen molar-refractivity contribution in [3.63, 3.8) is 0 Å². The Labute approximate surface area is 88.4 Å². The number of rotatable bonds is 4. The van der Waals surface area contributed by atoms with Crippen molar-refractivity contribution < 1.29 is 0 Å². The number of aliphatic imine (C=N–C) groups is 1. The van der Waals surface area contributed by atoms with E-state index in [9.17, 15) is 0 Å². The van der Waals surface area contributed by atoms with Gasteiger partial charge in [-0.25, -0.2) is 4.99 Å². The van der Waals surface area contributed by atoms with Crippen LogP contribution in [-0.4, -0.2) is 29.5 Å². The molecule has 0 rings (SSSR count). The van der Waals surface area contributed by atoms with Crippen LogP contribution in [0.1, 0.15) is 47.5 Å². The lowest BCUT2D eigenvalue weighted by molar-refractivity contribution is 0.414. The first-order valence-corrected chi connectivity index (χ1v) is 5.51. The van der Waals surface area contributed by atoms with Crippen molar-refractivity contribution in [3.05, 3.63) is 0 Å². The highest BCUT2D eigenvalue weighted by atomic mass is 15.3. The Bertz CT molecular complexity index is 179. The molecular weight excluding hydrogens is 174 g/mol. The fourth-order valence-corrected chi connectivity index (χ4v) is 1.20. The monoisotopic (exact) mass is 199 g/mol. The summed E-state index contributed by atoms with van der Waals surface area (Å²) in [4.78, 5) is 6.59. The summed E-state index contributed by atoms with van der Waals surface area (Å²) in [6.45, 7) is 12.4. The van der Waals surface area contributed by atoms with Crippen LogP contribution in [0.5, 0.6) is 0 Å². The largest absolute Gasteiger partial charge is 0.370 e. The van der Waals surface area contributed by atoms with Crippen LogP contribution in [0.25, 0.3) is 0 Å². The molecule has 0 radical (unpaired) electrons. The Kier molecular flexibility index (Phi) is 5.58. The van der Waals surface area contributed by atoms with E-state index in [1.807, 2.05) is 0 Å². The van der Waals surface area contributed by atoms with E-state index < -0.39 is 0 Å². The van der Waals surface area contributed by atoms with E-state index in [2.05, 4.69) is 44.5 Å². The van der Waals surface area contributed by atoms with E-state index in [-0.39, 0.29) is 5.54 Å². The lowest BCUT2D eigenvalue weighted by atomic mass is 10.1. The molecule has 0 amide bonds. The van der Waals surface area contributed by atoms with Crippen molar-refractivity contribution in [2.75, 3.05) is 13.1 Å². The average Bonchev–Trinajstić information content (AvgIpc) is 2.02. The predicted octanol–water partition coefficient (Wildman–Crippen LogP) is 2.22. The van der Waals surface area contributed by atoms with E-state index in [4.69, 9.17) is 5.73 Å². The quantitative estimate of drug-likeness (QED) is 0.557. The zero-order valence-corrected chi connectivity index (χ0v) is 10.3. The van der Waals surface area contributed by atoms with Crippen LogP contribution in [0.3, 0.4) is 0 Å². The van der Waals surface area contributed by atoms with Crippen molar-refractivity contribution in [3.8, 4) is 0 Å².